The number of hydrogen-bond acceptors (Lipinski definition) is 8. The normalized spacial score (nSPS) is 16.4. The second-order valence-corrected chi connectivity index (χ2v) is 9.51. The summed E-state index contributed by atoms with van der Waals surface area (Å²) in [7, 11) is 3.33. The number of rotatable bonds is 9. The smallest absolute Gasteiger partial charge is 0.328 e. The second kappa shape index (κ2) is 12.6. The molecule has 4 heterocycles. The Morgan fingerprint density at radius 1 is 1.37 bits per heavy atom. The van der Waals surface area contributed by atoms with Gasteiger partial charge >= 0.3 is 6.03 Å². The number of ether oxygens (including phenoxy) is 2. The van der Waals surface area contributed by atoms with E-state index in [1.165, 1.54) is 11.1 Å². The van der Waals surface area contributed by atoms with Crippen LogP contribution in [0.5, 0.6) is 0 Å². The maximum Gasteiger partial charge on any atom is 0.328 e. The highest BCUT2D eigenvalue weighted by Crippen LogP contribution is 2.29. The quantitative estimate of drug-likeness (QED) is 0.394. The summed E-state index contributed by atoms with van der Waals surface area (Å²) in [5.74, 6) is 0.568. The SMILES string of the molecule is COCCCc1cc(NC(=O)N2CCCc3cc(CN(C)C(=O)[C@@H]4CCOC4)c(C=O)nc32)ncc1C#N. The van der Waals surface area contributed by atoms with Gasteiger partial charge in [0.05, 0.1) is 18.1 Å². The molecular formula is C27H32N6O5. The molecule has 0 aromatic carbocycles. The number of aryl methyl sites for hydroxylation is 2. The average Bonchev–Trinajstić information content (AvgIpc) is 3.47. The van der Waals surface area contributed by atoms with Crippen LogP contribution >= 0.6 is 0 Å². The van der Waals surface area contributed by atoms with Gasteiger partial charge in [0, 0.05) is 52.2 Å². The van der Waals surface area contributed by atoms with Gasteiger partial charge in [0.1, 0.15) is 23.4 Å². The molecule has 2 aromatic heterocycles. The second-order valence-electron chi connectivity index (χ2n) is 9.51. The molecule has 2 aromatic rings. The summed E-state index contributed by atoms with van der Waals surface area (Å²) in [6, 6.07) is 5.28. The molecule has 11 nitrogen and oxygen atoms in total. The van der Waals surface area contributed by atoms with Crippen LogP contribution in [0.2, 0.25) is 0 Å². The fraction of sp³-hybridized carbons (Fsp3) is 0.481. The molecule has 0 radical (unpaired) electrons. The summed E-state index contributed by atoms with van der Waals surface area (Å²) in [4.78, 5) is 49.8. The first-order valence-electron chi connectivity index (χ1n) is 12.7. The Hall–Kier alpha value is -3.88. The number of amides is 3. The molecule has 4 rings (SSSR count). The van der Waals surface area contributed by atoms with Gasteiger partial charge in [-0.15, -0.1) is 0 Å². The maximum atomic E-state index is 13.3. The van der Waals surface area contributed by atoms with Crippen molar-refractivity contribution < 1.29 is 23.9 Å². The van der Waals surface area contributed by atoms with Crippen LogP contribution in [-0.2, 0) is 33.7 Å². The molecule has 2 aliphatic rings. The van der Waals surface area contributed by atoms with Crippen LogP contribution < -0.4 is 10.2 Å². The Labute approximate surface area is 221 Å². The molecule has 1 N–H and O–H groups in total. The lowest BCUT2D eigenvalue weighted by Crippen LogP contribution is -2.40. The number of carbonyl (C=O) groups excluding carboxylic acids is 3. The van der Waals surface area contributed by atoms with E-state index in [4.69, 9.17) is 9.47 Å². The molecule has 1 fully saturated rings. The molecule has 0 saturated carbocycles. The summed E-state index contributed by atoms with van der Waals surface area (Å²) in [6.07, 6.45) is 5.58. The van der Waals surface area contributed by atoms with Crippen LogP contribution in [-0.4, -0.2) is 73.6 Å². The maximum absolute atomic E-state index is 13.3. The number of carbonyl (C=O) groups is 3. The van der Waals surface area contributed by atoms with Gasteiger partial charge in [0.2, 0.25) is 5.91 Å². The van der Waals surface area contributed by atoms with E-state index < -0.39 is 6.03 Å². The first kappa shape index (κ1) is 27.2. The van der Waals surface area contributed by atoms with Crippen LogP contribution in [0.4, 0.5) is 16.4 Å². The minimum Gasteiger partial charge on any atom is -0.385 e. The number of anilines is 2. The van der Waals surface area contributed by atoms with Crippen molar-refractivity contribution in [1.29, 1.82) is 5.26 Å². The van der Waals surface area contributed by atoms with Crippen molar-refractivity contribution in [2.24, 2.45) is 5.92 Å². The van der Waals surface area contributed by atoms with Gasteiger partial charge in [-0.3, -0.25) is 19.8 Å². The van der Waals surface area contributed by atoms with Gasteiger partial charge in [-0.25, -0.2) is 14.8 Å². The van der Waals surface area contributed by atoms with Crippen molar-refractivity contribution in [1.82, 2.24) is 14.9 Å². The summed E-state index contributed by atoms with van der Waals surface area (Å²) in [5, 5.41) is 12.2. The molecule has 3 amide bonds. The number of aromatic nitrogens is 2. The summed E-state index contributed by atoms with van der Waals surface area (Å²) in [6.45, 7) is 2.23. The fourth-order valence-corrected chi connectivity index (χ4v) is 4.82. The van der Waals surface area contributed by atoms with E-state index in [1.54, 1.807) is 25.1 Å². The topological polar surface area (TPSA) is 138 Å². The lowest BCUT2D eigenvalue weighted by Gasteiger charge is -2.29. The standard InChI is InChI=1S/C27H32N6O5/c1-32(26(35)20-7-10-38-17-20)15-21-11-19-5-3-8-33(25(19)30-23(21)16-34)27(36)31-24-12-18(6-4-9-37-2)22(13-28)14-29-24/h11-12,14,16,20H,3-10,15,17H2,1-2H3,(H,29,31,36)/t20-/m1/s1. The van der Waals surface area contributed by atoms with Gasteiger partial charge in [-0.05, 0) is 55.4 Å². The van der Waals surface area contributed by atoms with E-state index in [0.29, 0.717) is 74.7 Å². The van der Waals surface area contributed by atoms with E-state index in [-0.39, 0.29) is 24.1 Å². The van der Waals surface area contributed by atoms with Crippen molar-refractivity contribution in [3.05, 3.63) is 46.3 Å². The first-order valence-corrected chi connectivity index (χ1v) is 12.7. The number of fused-ring (bicyclic) bond motifs is 1. The number of hydrogen-bond donors (Lipinski definition) is 1. The predicted octanol–water partition coefficient (Wildman–Crippen LogP) is 2.72. The number of aldehydes is 1. The largest absolute Gasteiger partial charge is 0.385 e. The van der Waals surface area contributed by atoms with Crippen molar-refractivity contribution in [2.45, 2.75) is 38.6 Å². The van der Waals surface area contributed by atoms with Crippen LogP contribution in [0, 0.1) is 17.2 Å². The van der Waals surface area contributed by atoms with Crippen molar-refractivity contribution >= 4 is 29.9 Å². The number of urea groups is 1. The van der Waals surface area contributed by atoms with Gasteiger partial charge in [0.25, 0.3) is 0 Å². The van der Waals surface area contributed by atoms with E-state index in [9.17, 15) is 19.6 Å². The highest BCUT2D eigenvalue weighted by Gasteiger charge is 2.29. The van der Waals surface area contributed by atoms with E-state index in [0.717, 1.165) is 24.0 Å². The van der Waals surface area contributed by atoms with Gasteiger partial charge in [0.15, 0.2) is 6.29 Å². The zero-order valence-corrected chi connectivity index (χ0v) is 21.7. The predicted molar refractivity (Wildman–Crippen MR) is 139 cm³/mol. The molecule has 0 aliphatic carbocycles. The third-order valence-corrected chi connectivity index (χ3v) is 6.83. The minimum absolute atomic E-state index is 0.0189. The lowest BCUT2D eigenvalue weighted by atomic mass is 10.0. The van der Waals surface area contributed by atoms with Crippen LogP contribution in [0.25, 0.3) is 0 Å². The summed E-state index contributed by atoms with van der Waals surface area (Å²) < 4.78 is 10.4. The molecule has 0 bridgehead atoms. The summed E-state index contributed by atoms with van der Waals surface area (Å²) in [5.41, 5.74) is 2.91. The highest BCUT2D eigenvalue weighted by molar-refractivity contribution is 6.01. The van der Waals surface area contributed by atoms with Crippen molar-refractivity contribution in [3.8, 4) is 6.07 Å². The molecule has 200 valence electrons. The molecule has 38 heavy (non-hydrogen) atoms. The number of methoxy groups -OCH3 is 1. The molecule has 11 heteroatoms. The highest BCUT2D eigenvalue weighted by atomic mass is 16.5. The zero-order chi connectivity index (χ0) is 27.1. The minimum atomic E-state index is -0.420. The third-order valence-electron chi connectivity index (χ3n) is 6.83. The molecule has 1 atom stereocenters. The third kappa shape index (κ3) is 6.15. The summed E-state index contributed by atoms with van der Waals surface area (Å²) >= 11 is 0. The lowest BCUT2D eigenvalue weighted by molar-refractivity contribution is -0.134. The molecule has 0 unspecified atom stereocenters. The van der Waals surface area contributed by atoms with Crippen LogP contribution in [0.15, 0.2) is 18.3 Å². The number of nitrogens with one attached hydrogen (secondary N) is 1. The van der Waals surface area contributed by atoms with Gasteiger partial charge in [-0.1, -0.05) is 0 Å². The van der Waals surface area contributed by atoms with Crippen LogP contribution in [0.3, 0.4) is 0 Å². The van der Waals surface area contributed by atoms with Crippen LogP contribution in [0.1, 0.15) is 52.0 Å². The molecule has 0 spiro atoms. The Bertz CT molecular complexity index is 1240. The van der Waals surface area contributed by atoms with Gasteiger partial charge in [-0.2, -0.15) is 5.26 Å². The Morgan fingerprint density at radius 3 is 2.92 bits per heavy atom. The zero-order valence-electron chi connectivity index (χ0n) is 21.7. The number of pyridine rings is 2. The molecular weight excluding hydrogens is 488 g/mol. The fourth-order valence-electron chi connectivity index (χ4n) is 4.82. The van der Waals surface area contributed by atoms with Gasteiger partial charge < -0.3 is 14.4 Å². The van der Waals surface area contributed by atoms with E-state index in [2.05, 4.69) is 21.4 Å². The number of nitrogens with zero attached hydrogens (tertiary/aromatic N) is 5. The van der Waals surface area contributed by atoms with E-state index in [1.807, 2.05) is 6.07 Å². The Balaban J connectivity index is 1.51. The molecule has 2 aliphatic heterocycles. The van der Waals surface area contributed by atoms with E-state index >= 15 is 0 Å². The average molecular weight is 521 g/mol. The van der Waals surface area contributed by atoms with Crippen molar-refractivity contribution in [2.75, 3.05) is 50.7 Å². The number of nitriles is 1. The Kier molecular flexibility index (Phi) is 8.99. The Morgan fingerprint density at radius 2 is 2.21 bits per heavy atom. The molecule has 1 saturated heterocycles. The first-order chi connectivity index (χ1) is 18.4. The van der Waals surface area contributed by atoms with Crippen molar-refractivity contribution in [3.63, 3.8) is 0 Å². The monoisotopic (exact) mass is 520 g/mol.